The third kappa shape index (κ3) is 0.616. The van der Waals surface area contributed by atoms with Gasteiger partial charge >= 0.3 is 0 Å². The largest absolute Gasteiger partial charge is 0.365 e. The minimum atomic E-state index is 0.262. The van der Waals surface area contributed by atoms with Gasteiger partial charge in [0, 0.05) is 11.6 Å². The molecule has 0 aromatic heterocycles. The number of hydrogen-bond donors (Lipinski definition) is 2. The minimum absolute atomic E-state index is 0.262. The molecule has 0 amide bonds. The highest BCUT2D eigenvalue weighted by molar-refractivity contribution is 5.70. The third-order valence-electron chi connectivity index (χ3n) is 5.60. The normalized spacial score (nSPS) is 50.2. The lowest BCUT2D eigenvalue weighted by molar-refractivity contribution is 0.0870. The van der Waals surface area contributed by atoms with Crippen LogP contribution >= 0.6 is 0 Å². The molecule has 2 heteroatoms. The van der Waals surface area contributed by atoms with Crippen LogP contribution in [0.2, 0.25) is 0 Å². The summed E-state index contributed by atoms with van der Waals surface area (Å²) in [4.78, 5) is 0. The van der Waals surface area contributed by atoms with Gasteiger partial charge in [0.15, 0.2) is 0 Å². The predicted octanol–water partition coefficient (Wildman–Crippen LogP) is 2.43. The second kappa shape index (κ2) is 2.17. The summed E-state index contributed by atoms with van der Waals surface area (Å²) >= 11 is 0. The van der Waals surface area contributed by atoms with E-state index in [4.69, 9.17) is 0 Å². The SMILES string of the molecule is c1ccc2c(c1)NC13NC21CCC1CCC13. The third-order valence-corrected chi connectivity index (χ3v) is 5.60. The van der Waals surface area contributed by atoms with E-state index in [2.05, 4.69) is 34.9 Å². The number of anilines is 1. The van der Waals surface area contributed by atoms with Gasteiger partial charge in [0.25, 0.3) is 0 Å². The molecule has 16 heavy (non-hydrogen) atoms. The van der Waals surface area contributed by atoms with E-state index in [1.54, 1.807) is 0 Å². The van der Waals surface area contributed by atoms with Gasteiger partial charge < -0.3 is 5.32 Å². The Morgan fingerprint density at radius 3 is 2.94 bits per heavy atom. The minimum Gasteiger partial charge on any atom is -0.365 e. The van der Waals surface area contributed by atoms with Gasteiger partial charge in [-0.15, -0.1) is 0 Å². The number of hydrogen-bond acceptors (Lipinski definition) is 2. The van der Waals surface area contributed by atoms with Crippen molar-refractivity contribution in [2.75, 3.05) is 5.32 Å². The van der Waals surface area contributed by atoms with Crippen LogP contribution in [0.5, 0.6) is 0 Å². The topological polar surface area (TPSA) is 34.0 Å². The van der Waals surface area contributed by atoms with Crippen LogP contribution in [0.1, 0.15) is 31.2 Å². The monoisotopic (exact) mass is 212 g/mol. The zero-order chi connectivity index (χ0) is 10.4. The first-order chi connectivity index (χ1) is 7.86. The summed E-state index contributed by atoms with van der Waals surface area (Å²) < 4.78 is 0. The Kier molecular flexibility index (Phi) is 1.10. The van der Waals surface area contributed by atoms with E-state index in [0.29, 0.717) is 5.54 Å². The van der Waals surface area contributed by atoms with Crippen LogP contribution < -0.4 is 10.6 Å². The van der Waals surface area contributed by atoms with E-state index in [-0.39, 0.29) is 5.66 Å². The predicted molar refractivity (Wildman–Crippen MR) is 63.1 cm³/mol. The van der Waals surface area contributed by atoms with E-state index in [9.17, 15) is 0 Å². The highest BCUT2D eigenvalue weighted by Gasteiger charge is 2.78. The summed E-state index contributed by atoms with van der Waals surface area (Å²) in [5, 5.41) is 7.63. The Hall–Kier alpha value is -1.02. The van der Waals surface area contributed by atoms with Crippen LogP contribution in [0, 0.1) is 11.8 Å². The summed E-state index contributed by atoms with van der Waals surface area (Å²) in [6.45, 7) is 0. The molecule has 0 radical (unpaired) electrons. The highest BCUT2D eigenvalue weighted by Crippen LogP contribution is 2.69. The zero-order valence-corrected chi connectivity index (χ0v) is 9.29. The first-order valence-corrected chi connectivity index (χ1v) is 6.53. The highest BCUT2D eigenvalue weighted by atomic mass is 15.5. The maximum atomic E-state index is 3.83. The summed E-state index contributed by atoms with van der Waals surface area (Å²) in [5.74, 6) is 1.87. The van der Waals surface area contributed by atoms with Crippen molar-refractivity contribution in [3.05, 3.63) is 29.8 Å². The first-order valence-electron chi connectivity index (χ1n) is 6.53. The fourth-order valence-corrected chi connectivity index (χ4v) is 4.68. The Morgan fingerprint density at radius 2 is 2.06 bits per heavy atom. The van der Waals surface area contributed by atoms with E-state index in [1.165, 1.54) is 36.9 Å². The fraction of sp³-hybridized carbons (Fsp3) is 0.571. The molecule has 2 saturated carbocycles. The second-order valence-corrected chi connectivity index (χ2v) is 5.99. The molecule has 1 aromatic carbocycles. The molecule has 2 aliphatic carbocycles. The first kappa shape index (κ1) is 8.13. The molecule has 4 unspecified atom stereocenters. The van der Waals surface area contributed by atoms with Crippen LogP contribution in [0.25, 0.3) is 0 Å². The molecule has 3 fully saturated rings. The lowest BCUT2D eigenvalue weighted by atomic mass is 9.60. The molecule has 4 aliphatic rings. The lowest BCUT2D eigenvalue weighted by Crippen LogP contribution is -2.49. The standard InChI is InChI=1S/C14H16N2/c1-2-4-12-11(3-1)13-8-7-9-5-6-10(9)14(13,15-12)16-13/h1-4,9-10,15-16H,5-8H2. The molecule has 2 aliphatic heterocycles. The Morgan fingerprint density at radius 1 is 1.12 bits per heavy atom. The molecule has 1 aromatic rings. The van der Waals surface area contributed by atoms with Gasteiger partial charge in [0.1, 0.15) is 5.66 Å². The van der Waals surface area contributed by atoms with Gasteiger partial charge in [-0.2, -0.15) is 0 Å². The molecule has 4 atom stereocenters. The molecule has 5 rings (SSSR count). The van der Waals surface area contributed by atoms with Crippen LogP contribution in [0.3, 0.4) is 0 Å². The summed E-state index contributed by atoms with van der Waals surface area (Å²) in [6, 6.07) is 8.88. The molecule has 0 bridgehead atoms. The van der Waals surface area contributed by atoms with Gasteiger partial charge in [-0.1, -0.05) is 18.2 Å². The van der Waals surface area contributed by atoms with Gasteiger partial charge in [0.05, 0.1) is 5.54 Å². The maximum absolute atomic E-state index is 3.83. The molecule has 1 saturated heterocycles. The number of para-hydroxylation sites is 1. The van der Waals surface area contributed by atoms with Crippen molar-refractivity contribution in [2.45, 2.75) is 36.9 Å². The molecule has 2 N–H and O–H groups in total. The van der Waals surface area contributed by atoms with Gasteiger partial charge in [-0.05, 0) is 43.2 Å². The average Bonchev–Trinajstić information content (AvgIpc) is 2.79. The van der Waals surface area contributed by atoms with Crippen molar-refractivity contribution in [1.82, 2.24) is 5.32 Å². The van der Waals surface area contributed by atoms with E-state index >= 15 is 0 Å². The average molecular weight is 212 g/mol. The zero-order valence-electron chi connectivity index (χ0n) is 9.29. The van der Waals surface area contributed by atoms with E-state index in [1.807, 2.05) is 0 Å². The summed E-state index contributed by atoms with van der Waals surface area (Å²) in [5.41, 5.74) is 3.48. The second-order valence-electron chi connectivity index (χ2n) is 5.99. The summed E-state index contributed by atoms with van der Waals surface area (Å²) in [7, 11) is 0. The van der Waals surface area contributed by atoms with Crippen LogP contribution in [-0.2, 0) is 5.54 Å². The molecular weight excluding hydrogens is 196 g/mol. The number of benzene rings is 1. The molecule has 0 spiro atoms. The van der Waals surface area contributed by atoms with Gasteiger partial charge in [-0.25, -0.2) is 0 Å². The molecular formula is C14H16N2. The van der Waals surface area contributed by atoms with Crippen molar-refractivity contribution in [2.24, 2.45) is 11.8 Å². The molecule has 82 valence electrons. The summed E-state index contributed by atoms with van der Waals surface area (Å²) in [6.07, 6.45) is 5.64. The van der Waals surface area contributed by atoms with Crippen molar-refractivity contribution in [3.63, 3.8) is 0 Å². The fourth-order valence-electron chi connectivity index (χ4n) is 4.68. The lowest BCUT2D eigenvalue weighted by Gasteiger charge is -2.45. The van der Waals surface area contributed by atoms with E-state index in [0.717, 1.165) is 11.8 Å². The Bertz CT molecular complexity index is 493. The van der Waals surface area contributed by atoms with Gasteiger partial charge in [-0.3, -0.25) is 5.32 Å². The maximum Gasteiger partial charge on any atom is 0.115 e. The van der Waals surface area contributed by atoms with Crippen molar-refractivity contribution < 1.29 is 0 Å². The Labute approximate surface area is 95.4 Å². The van der Waals surface area contributed by atoms with Crippen LogP contribution in [0.4, 0.5) is 5.69 Å². The Balaban J connectivity index is 1.71. The molecule has 2 heterocycles. The number of rotatable bonds is 0. The van der Waals surface area contributed by atoms with Crippen molar-refractivity contribution >= 4 is 5.69 Å². The van der Waals surface area contributed by atoms with Gasteiger partial charge in [0.2, 0.25) is 0 Å². The number of fused-ring (bicyclic) bond motifs is 2. The quantitative estimate of drug-likeness (QED) is 0.648. The van der Waals surface area contributed by atoms with Crippen molar-refractivity contribution in [1.29, 1.82) is 0 Å². The van der Waals surface area contributed by atoms with Crippen LogP contribution in [0.15, 0.2) is 24.3 Å². The molecule has 2 nitrogen and oxygen atoms in total. The van der Waals surface area contributed by atoms with Crippen LogP contribution in [-0.4, -0.2) is 5.66 Å². The number of nitrogens with one attached hydrogen (secondary N) is 2. The van der Waals surface area contributed by atoms with Crippen molar-refractivity contribution in [3.8, 4) is 0 Å². The smallest absolute Gasteiger partial charge is 0.115 e. The van der Waals surface area contributed by atoms with E-state index < -0.39 is 0 Å².